The first-order valence-electron chi connectivity index (χ1n) is 7.73. The maximum atomic E-state index is 4.68. The molecule has 2 aromatic rings. The van der Waals surface area contributed by atoms with Gasteiger partial charge in [0.2, 0.25) is 0 Å². The van der Waals surface area contributed by atoms with Crippen molar-refractivity contribution in [3.05, 3.63) is 52.5 Å². The van der Waals surface area contributed by atoms with E-state index in [-0.39, 0.29) is 24.0 Å². The molecule has 0 saturated carbocycles. The van der Waals surface area contributed by atoms with Gasteiger partial charge in [0, 0.05) is 43.9 Å². The predicted molar refractivity (Wildman–Crippen MR) is 110 cm³/mol. The van der Waals surface area contributed by atoms with Crippen molar-refractivity contribution in [3.8, 4) is 0 Å². The van der Waals surface area contributed by atoms with Gasteiger partial charge in [-0.2, -0.15) is 11.3 Å². The number of hydrogen-bond donors (Lipinski definition) is 2. The molecular weight excluding hydrogens is 419 g/mol. The zero-order chi connectivity index (χ0) is 15.6. The van der Waals surface area contributed by atoms with Crippen LogP contribution in [0.1, 0.15) is 31.0 Å². The van der Waals surface area contributed by atoms with Crippen LogP contribution in [0.25, 0.3) is 0 Å². The van der Waals surface area contributed by atoms with Crippen LogP contribution in [0.2, 0.25) is 0 Å². The number of aliphatic imine (C=N–C) groups is 1. The van der Waals surface area contributed by atoms with Crippen LogP contribution in [-0.2, 0) is 6.42 Å². The van der Waals surface area contributed by atoms with Crippen molar-refractivity contribution in [2.24, 2.45) is 4.99 Å². The number of thiophene rings is 1. The Morgan fingerprint density at radius 3 is 2.83 bits per heavy atom. The van der Waals surface area contributed by atoms with Crippen LogP contribution < -0.4 is 10.6 Å². The lowest BCUT2D eigenvalue weighted by Gasteiger charge is -2.13. The van der Waals surface area contributed by atoms with Crippen molar-refractivity contribution in [2.75, 3.05) is 19.6 Å². The Balaban J connectivity index is 0.00000264. The molecule has 2 aromatic heterocycles. The normalized spacial score (nSPS) is 12.3. The Morgan fingerprint density at radius 1 is 1.30 bits per heavy atom. The fourth-order valence-electron chi connectivity index (χ4n) is 2.09. The molecule has 1 atom stereocenters. The molecule has 2 N–H and O–H groups in total. The number of rotatable bonds is 7. The topological polar surface area (TPSA) is 49.3 Å². The molecule has 0 saturated heterocycles. The molecule has 6 heteroatoms. The first-order chi connectivity index (χ1) is 10.8. The largest absolute Gasteiger partial charge is 0.357 e. The standard InChI is InChI=1S/C17H24N4S.HI/c1-3-18-17(20-10-7-16-6-4-5-9-19-16)21-12-14(2)15-8-11-22-13-15;/h4-6,8-9,11,13-14H,3,7,10,12H2,1-2H3,(H2,18,20,21);1H. The van der Waals surface area contributed by atoms with Gasteiger partial charge in [0.15, 0.2) is 5.96 Å². The summed E-state index contributed by atoms with van der Waals surface area (Å²) in [6, 6.07) is 8.18. The summed E-state index contributed by atoms with van der Waals surface area (Å²) in [5.41, 5.74) is 2.45. The smallest absolute Gasteiger partial charge is 0.191 e. The highest BCUT2D eigenvalue weighted by molar-refractivity contribution is 14.0. The van der Waals surface area contributed by atoms with Crippen molar-refractivity contribution in [3.63, 3.8) is 0 Å². The van der Waals surface area contributed by atoms with E-state index in [0.717, 1.165) is 37.7 Å². The molecule has 0 bridgehead atoms. The molecule has 0 aliphatic carbocycles. The van der Waals surface area contributed by atoms with Crippen molar-refractivity contribution < 1.29 is 0 Å². The SMILES string of the molecule is CCNC(=NCC(C)c1ccsc1)NCCc1ccccn1.I. The second-order valence-electron chi connectivity index (χ2n) is 5.18. The number of guanidine groups is 1. The molecule has 0 amide bonds. The second kappa shape index (κ2) is 11.4. The van der Waals surface area contributed by atoms with Gasteiger partial charge in [-0.15, -0.1) is 24.0 Å². The van der Waals surface area contributed by atoms with Crippen LogP contribution in [0.15, 0.2) is 46.2 Å². The highest BCUT2D eigenvalue weighted by Crippen LogP contribution is 2.18. The zero-order valence-corrected chi connectivity index (χ0v) is 16.8. The van der Waals surface area contributed by atoms with Gasteiger partial charge in [-0.25, -0.2) is 0 Å². The van der Waals surface area contributed by atoms with Crippen molar-refractivity contribution in [1.29, 1.82) is 0 Å². The summed E-state index contributed by atoms with van der Waals surface area (Å²) in [5.74, 6) is 1.32. The third-order valence-corrected chi connectivity index (χ3v) is 4.08. The monoisotopic (exact) mass is 444 g/mol. The Hall–Kier alpha value is -1.15. The number of nitrogens with zero attached hydrogens (tertiary/aromatic N) is 2. The fraction of sp³-hybridized carbons (Fsp3) is 0.412. The minimum absolute atomic E-state index is 0. The van der Waals surface area contributed by atoms with Crippen LogP contribution in [-0.4, -0.2) is 30.6 Å². The first kappa shape index (κ1) is 19.9. The Labute approximate surface area is 159 Å². The average molecular weight is 444 g/mol. The molecule has 0 aromatic carbocycles. The third-order valence-electron chi connectivity index (χ3n) is 3.38. The van der Waals surface area contributed by atoms with Crippen LogP contribution >= 0.6 is 35.3 Å². The Bertz CT molecular complexity index is 557. The summed E-state index contributed by atoms with van der Waals surface area (Å²) in [6.07, 6.45) is 2.72. The van der Waals surface area contributed by atoms with Crippen molar-refractivity contribution >= 4 is 41.3 Å². The maximum Gasteiger partial charge on any atom is 0.191 e. The third kappa shape index (κ3) is 7.30. The van der Waals surface area contributed by atoms with Crippen molar-refractivity contribution in [2.45, 2.75) is 26.2 Å². The molecule has 4 nitrogen and oxygen atoms in total. The van der Waals surface area contributed by atoms with Gasteiger partial charge in [-0.05, 0) is 41.4 Å². The summed E-state index contributed by atoms with van der Waals surface area (Å²) in [6.45, 7) is 6.77. The lowest BCUT2D eigenvalue weighted by molar-refractivity contribution is 0.745. The number of nitrogens with one attached hydrogen (secondary N) is 2. The molecule has 23 heavy (non-hydrogen) atoms. The maximum absolute atomic E-state index is 4.68. The van der Waals surface area contributed by atoms with Gasteiger partial charge >= 0.3 is 0 Å². The van der Waals surface area contributed by atoms with Gasteiger partial charge in [-0.3, -0.25) is 9.98 Å². The van der Waals surface area contributed by atoms with E-state index in [1.165, 1.54) is 5.56 Å². The molecule has 2 rings (SSSR count). The number of aromatic nitrogens is 1. The summed E-state index contributed by atoms with van der Waals surface area (Å²) >= 11 is 1.74. The number of halogens is 1. The van der Waals surface area contributed by atoms with E-state index >= 15 is 0 Å². The molecule has 0 aliphatic heterocycles. The summed E-state index contributed by atoms with van der Waals surface area (Å²) in [5, 5.41) is 11.0. The van der Waals surface area contributed by atoms with Gasteiger partial charge in [0.1, 0.15) is 0 Å². The molecule has 0 radical (unpaired) electrons. The Kier molecular flexibility index (Phi) is 9.86. The van der Waals surface area contributed by atoms with Crippen LogP contribution in [0, 0.1) is 0 Å². The average Bonchev–Trinajstić information content (AvgIpc) is 3.08. The van der Waals surface area contributed by atoms with E-state index in [2.05, 4.69) is 51.3 Å². The predicted octanol–water partition coefficient (Wildman–Crippen LogP) is 3.66. The molecular formula is C17H25IN4S. The quantitative estimate of drug-likeness (QED) is 0.389. The molecule has 0 spiro atoms. The van der Waals surface area contributed by atoms with Crippen LogP contribution in [0.4, 0.5) is 0 Å². The van der Waals surface area contributed by atoms with E-state index in [1.54, 1.807) is 11.3 Å². The van der Waals surface area contributed by atoms with E-state index in [0.29, 0.717) is 5.92 Å². The van der Waals surface area contributed by atoms with Gasteiger partial charge in [0.25, 0.3) is 0 Å². The molecule has 126 valence electrons. The minimum atomic E-state index is 0. The molecule has 1 unspecified atom stereocenters. The van der Waals surface area contributed by atoms with Gasteiger partial charge in [-0.1, -0.05) is 13.0 Å². The first-order valence-corrected chi connectivity index (χ1v) is 8.68. The summed E-state index contributed by atoms with van der Waals surface area (Å²) in [7, 11) is 0. The highest BCUT2D eigenvalue weighted by Gasteiger charge is 2.06. The van der Waals surface area contributed by atoms with Crippen LogP contribution in [0.3, 0.4) is 0 Å². The summed E-state index contributed by atoms with van der Waals surface area (Å²) in [4.78, 5) is 9.01. The van der Waals surface area contributed by atoms with E-state index < -0.39 is 0 Å². The van der Waals surface area contributed by atoms with Gasteiger partial charge in [0.05, 0.1) is 0 Å². The minimum Gasteiger partial charge on any atom is -0.357 e. The lowest BCUT2D eigenvalue weighted by atomic mass is 10.1. The van der Waals surface area contributed by atoms with Crippen LogP contribution in [0.5, 0.6) is 0 Å². The lowest BCUT2D eigenvalue weighted by Crippen LogP contribution is -2.38. The van der Waals surface area contributed by atoms with E-state index in [4.69, 9.17) is 0 Å². The van der Waals surface area contributed by atoms with Gasteiger partial charge < -0.3 is 10.6 Å². The molecule has 0 aliphatic rings. The number of hydrogen-bond acceptors (Lipinski definition) is 3. The highest BCUT2D eigenvalue weighted by atomic mass is 127. The molecule has 2 heterocycles. The summed E-state index contributed by atoms with van der Waals surface area (Å²) < 4.78 is 0. The van der Waals surface area contributed by atoms with E-state index in [1.807, 2.05) is 24.4 Å². The Morgan fingerprint density at radius 2 is 2.17 bits per heavy atom. The van der Waals surface area contributed by atoms with E-state index in [9.17, 15) is 0 Å². The zero-order valence-electron chi connectivity index (χ0n) is 13.7. The molecule has 0 fully saturated rings. The fourth-order valence-corrected chi connectivity index (χ4v) is 2.87. The number of pyridine rings is 1. The second-order valence-corrected chi connectivity index (χ2v) is 5.96. The van der Waals surface area contributed by atoms with Crippen molar-refractivity contribution in [1.82, 2.24) is 15.6 Å².